The lowest BCUT2D eigenvalue weighted by atomic mass is 10.0. The van der Waals surface area contributed by atoms with Crippen molar-refractivity contribution in [2.45, 2.75) is 58.0 Å². The number of nitrogens with zero attached hydrogens (tertiary/aromatic N) is 1. The van der Waals surface area contributed by atoms with Gasteiger partial charge in [-0.1, -0.05) is 12.8 Å². The van der Waals surface area contributed by atoms with Gasteiger partial charge in [0, 0.05) is 24.3 Å². The molecule has 106 valence electrons. The third kappa shape index (κ3) is 3.47. The van der Waals surface area contributed by atoms with Crippen molar-refractivity contribution in [1.29, 1.82) is 0 Å². The highest BCUT2D eigenvalue weighted by molar-refractivity contribution is 5.55. The van der Waals surface area contributed by atoms with E-state index < -0.39 is 0 Å². The minimum atomic E-state index is -0.165. The van der Waals surface area contributed by atoms with Crippen LogP contribution in [0.4, 0.5) is 10.1 Å². The normalized spacial score (nSPS) is 17.7. The van der Waals surface area contributed by atoms with E-state index in [0.29, 0.717) is 6.04 Å². The molecule has 2 rings (SSSR count). The minimum Gasteiger partial charge on any atom is -0.369 e. The summed E-state index contributed by atoms with van der Waals surface area (Å²) >= 11 is 0. The minimum absolute atomic E-state index is 0.0582. The molecule has 1 aromatic carbocycles. The predicted octanol–water partition coefficient (Wildman–Crippen LogP) is 3.48. The summed E-state index contributed by atoms with van der Waals surface area (Å²) in [6.07, 6.45) is 5.86. The first-order chi connectivity index (χ1) is 9.11. The van der Waals surface area contributed by atoms with Crippen LogP contribution >= 0.6 is 0 Å². The second kappa shape index (κ2) is 6.38. The summed E-state index contributed by atoms with van der Waals surface area (Å²) in [5.41, 5.74) is 8.12. The van der Waals surface area contributed by atoms with E-state index in [-0.39, 0.29) is 11.9 Å². The van der Waals surface area contributed by atoms with Gasteiger partial charge in [-0.2, -0.15) is 0 Å². The van der Waals surface area contributed by atoms with Crippen LogP contribution in [0.1, 0.15) is 45.1 Å². The molecule has 1 unspecified atom stereocenters. The van der Waals surface area contributed by atoms with Crippen molar-refractivity contribution in [3.8, 4) is 0 Å². The fourth-order valence-corrected chi connectivity index (χ4v) is 3.19. The fourth-order valence-electron chi connectivity index (χ4n) is 3.19. The maximum absolute atomic E-state index is 13.5. The zero-order valence-electron chi connectivity index (χ0n) is 12.0. The summed E-state index contributed by atoms with van der Waals surface area (Å²) in [6.45, 7) is 5.13. The molecule has 1 aromatic rings. The van der Waals surface area contributed by atoms with Gasteiger partial charge < -0.3 is 10.6 Å². The Labute approximate surface area is 115 Å². The molecular formula is C16H25FN2. The average Bonchev–Trinajstić information content (AvgIpc) is 2.85. The van der Waals surface area contributed by atoms with Gasteiger partial charge in [0.25, 0.3) is 0 Å². The van der Waals surface area contributed by atoms with Crippen LogP contribution in [0.5, 0.6) is 0 Å². The molecular weight excluding hydrogens is 239 g/mol. The molecule has 1 aliphatic rings. The molecule has 0 saturated heterocycles. The van der Waals surface area contributed by atoms with Gasteiger partial charge in [-0.05, 0) is 56.9 Å². The number of anilines is 1. The zero-order valence-corrected chi connectivity index (χ0v) is 12.0. The van der Waals surface area contributed by atoms with Crippen molar-refractivity contribution >= 4 is 5.69 Å². The summed E-state index contributed by atoms with van der Waals surface area (Å²) in [4.78, 5) is 2.43. The number of nitrogens with two attached hydrogens (primary N) is 1. The van der Waals surface area contributed by atoms with Gasteiger partial charge in [-0.15, -0.1) is 0 Å². The van der Waals surface area contributed by atoms with Crippen molar-refractivity contribution in [2.24, 2.45) is 5.73 Å². The molecule has 1 aliphatic carbocycles. The summed E-state index contributed by atoms with van der Waals surface area (Å²) in [5.74, 6) is -0.165. The van der Waals surface area contributed by atoms with E-state index in [4.69, 9.17) is 5.73 Å². The van der Waals surface area contributed by atoms with Crippen molar-refractivity contribution in [1.82, 2.24) is 0 Å². The number of hydrogen-bond donors (Lipinski definition) is 1. The van der Waals surface area contributed by atoms with Gasteiger partial charge in [0.15, 0.2) is 0 Å². The van der Waals surface area contributed by atoms with Crippen LogP contribution < -0.4 is 10.6 Å². The Morgan fingerprint density at radius 2 is 2.05 bits per heavy atom. The highest BCUT2D eigenvalue weighted by Crippen LogP contribution is 2.31. The molecule has 19 heavy (non-hydrogen) atoms. The number of hydrogen-bond acceptors (Lipinski definition) is 2. The first-order valence-corrected chi connectivity index (χ1v) is 7.42. The summed E-state index contributed by atoms with van der Waals surface area (Å²) in [6, 6.07) is 5.81. The maximum Gasteiger partial charge on any atom is 0.123 e. The zero-order chi connectivity index (χ0) is 13.8. The molecule has 0 aliphatic heterocycles. The van der Waals surface area contributed by atoms with Gasteiger partial charge in [0.2, 0.25) is 0 Å². The Bertz CT molecular complexity index is 411. The molecule has 1 atom stereocenters. The average molecular weight is 264 g/mol. The molecule has 0 aromatic heterocycles. The number of benzene rings is 1. The first kappa shape index (κ1) is 14.3. The van der Waals surface area contributed by atoms with Crippen molar-refractivity contribution in [3.05, 3.63) is 29.6 Å². The van der Waals surface area contributed by atoms with E-state index in [2.05, 4.69) is 11.8 Å². The molecule has 0 bridgehead atoms. The predicted molar refractivity (Wildman–Crippen MR) is 79.0 cm³/mol. The second-order valence-corrected chi connectivity index (χ2v) is 5.68. The van der Waals surface area contributed by atoms with Crippen LogP contribution in [0.25, 0.3) is 0 Å². The van der Waals surface area contributed by atoms with Crippen LogP contribution in [0, 0.1) is 5.82 Å². The highest BCUT2D eigenvalue weighted by Gasteiger charge is 2.23. The third-order valence-electron chi connectivity index (χ3n) is 4.00. The topological polar surface area (TPSA) is 29.3 Å². The monoisotopic (exact) mass is 264 g/mol. The Balaban J connectivity index is 2.29. The van der Waals surface area contributed by atoms with Crippen molar-refractivity contribution in [3.63, 3.8) is 0 Å². The van der Waals surface area contributed by atoms with Crippen LogP contribution in [0.15, 0.2) is 18.2 Å². The van der Waals surface area contributed by atoms with E-state index >= 15 is 0 Å². The summed E-state index contributed by atoms with van der Waals surface area (Å²) in [5, 5.41) is 0. The largest absolute Gasteiger partial charge is 0.369 e. The van der Waals surface area contributed by atoms with Crippen LogP contribution in [-0.4, -0.2) is 18.6 Å². The van der Waals surface area contributed by atoms with Crippen molar-refractivity contribution < 1.29 is 4.39 Å². The lowest BCUT2D eigenvalue weighted by Gasteiger charge is -2.32. The molecule has 3 heteroatoms. The molecule has 0 radical (unpaired) electrons. The standard InChI is InChI=1S/C16H25FN2/c1-3-19(15-6-4-5-7-15)16-9-8-14(17)11-13(16)10-12(2)18/h8-9,11-12,15H,3-7,10,18H2,1-2H3. The van der Waals surface area contributed by atoms with E-state index in [1.807, 2.05) is 13.0 Å². The van der Waals surface area contributed by atoms with Gasteiger partial charge in [0.05, 0.1) is 0 Å². The Morgan fingerprint density at radius 1 is 1.37 bits per heavy atom. The van der Waals surface area contributed by atoms with Gasteiger partial charge in [-0.25, -0.2) is 4.39 Å². The van der Waals surface area contributed by atoms with Gasteiger partial charge >= 0.3 is 0 Å². The van der Waals surface area contributed by atoms with Crippen LogP contribution in [0.3, 0.4) is 0 Å². The lowest BCUT2D eigenvalue weighted by Crippen LogP contribution is -2.34. The summed E-state index contributed by atoms with van der Waals surface area (Å²) in [7, 11) is 0. The molecule has 0 amide bonds. The van der Waals surface area contributed by atoms with Crippen LogP contribution in [-0.2, 0) is 6.42 Å². The molecule has 1 saturated carbocycles. The van der Waals surface area contributed by atoms with Gasteiger partial charge in [-0.3, -0.25) is 0 Å². The van der Waals surface area contributed by atoms with Crippen LogP contribution in [0.2, 0.25) is 0 Å². The lowest BCUT2D eigenvalue weighted by molar-refractivity contribution is 0.604. The van der Waals surface area contributed by atoms with Gasteiger partial charge in [0.1, 0.15) is 5.82 Å². The first-order valence-electron chi connectivity index (χ1n) is 7.42. The second-order valence-electron chi connectivity index (χ2n) is 5.68. The highest BCUT2D eigenvalue weighted by atomic mass is 19.1. The van der Waals surface area contributed by atoms with E-state index in [1.54, 1.807) is 12.1 Å². The van der Waals surface area contributed by atoms with Crippen molar-refractivity contribution in [2.75, 3.05) is 11.4 Å². The fraction of sp³-hybridized carbons (Fsp3) is 0.625. The third-order valence-corrected chi connectivity index (χ3v) is 4.00. The quantitative estimate of drug-likeness (QED) is 0.882. The molecule has 0 spiro atoms. The molecule has 2 N–H and O–H groups in total. The van der Waals surface area contributed by atoms with E-state index in [1.165, 1.54) is 31.4 Å². The van der Waals surface area contributed by atoms with E-state index in [9.17, 15) is 4.39 Å². The molecule has 1 fully saturated rings. The van der Waals surface area contributed by atoms with E-state index in [0.717, 1.165) is 18.5 Å². The molecule has 0 heterocycles. The maximum atomic E-state index is 13.5. The summed E-state index contributed by atoms with van der Waals surface area (Å²) < 4.78 is 13.5. The SMILES string of the molecule is CCN(c1ccc(F)cc1CC(C)N)C1CCCC1. The number of rotatable bonds is 5. The Morgan fingerprint density at radius 3 is 2.63 bits per heavy atom. The molecule has 2 nitrogen and oxygen atoms in total. The Kier molecular flexibility index (Phi) is 4.81. The number of halogens is 1. The Hall–Kier alpha value is -1.09. The smallest absolute Gasteiger partial charge is 0.123 e.